The van der Waals surface area contributed by atoms with Crippen molar-refractivity contribution < 1.29 is 4.74 Å². The third-order valence-corrected chi connectivity index (χ3v) is 4.18. The highest BCUT2D eigenvalue weighted by Gasteiger charge is 2.43. The van der Waals surface area contributed by atoms with Gasteiger partial charge < -0.3 is 4.74 Å². The highest BCUT2D eigenvalue weighted by molar-refractivity contribution is 4.91. The molecular weight excluding hydrogens is 184 g/mol. The summed E-state index contributed by atoms with van der Waals surface area (Å²) in [5, 5.41) is 0. The van der Waals surface area contributed by atoms with E-state index in [1.54, 1.807) is 0 Å². The van der Waals surface area contributed by atoms with Gasteiger partial charge in [0.05, 0.1) is 12.2 Å². The van der Waals surface area contributed by atoms with Crippen LogP contribution in [0.15, 0.2) is 0 Å². The van der Waals surface area contributed by atoms with E-state index in [-0.39, 0.29) is 0 Å². The maximum Gasteiger partial charge on any atom is 0.0613 e. The summed E-state index contributed by atoms with van der Waals surface area (Å²) in [5.41, 5.74) is 0.409. The van der Waals surface area contributed by atoms with E-state index in [0.717, 1.165) is 11.8 Å². The molecule has 4 unspecified atom stereocenters. The molecule has 1 heteroatoms. The van der Waals surface area contributed by atoms with E-state index in [1.165, 1.54) is 32.1 Å². The molecule has 0 aromatic heterocycles. The molecule has 2 aliphatic rings. The Kier molecular flexibility index (Phi) is 3.12. The highest BCUT2D eigenvalue weighted by atomic mass is 16.5. The van der Waals surface area contributed by atoms with Crippen LogP contribution in [0.2, 0.25) is 0 Å². The standard InChI is InChI=1S/C14H26O/c1-10-11-7-5-6-8-12(11)15-13(10)9-14(2,3)4/h10-13H,5-9H2,1-4H3. The number of ether oxygens (including phenoxy) is 1. The minimum atomic E-state index is 0.409. The molecule has 1 heterocycles. The van der Waals surface area contributed by atoms with Gasteiger partial charge in [-0.2, -0.15) is 0 Å². The Balaban J connectivity index is 1.98. The quantitative estimate of drug-likeness (QED) is 0.635. The zero-order chi connectivity index (χ0) is 11.1. The van der Waals surface area contributed by atoms with E-state index >= 15 is 0 Å². The molecule has 1 saturated heterocycles. The minimum absolute atomic E-state index is 0.409. The lowest BCUT2D eigenvalue weighted by molar-refractivity contribution is -0.00154. The van der Waals surface area contributed by atoms with Crippen molar-refractivity contribution in [1.29, 1.82) is 0 Å². The lowest BCUT2D eigenvalue weighted by Crippen LogP contribution is -2.24. The second-order valence-corrected chi connectivity index (χ2v) is 6.79. The van der Waals surface area contributed by atoms with E-state index in [0.29, 0.717) is 17.6 Å². The number of hydrogen-bond donors (Lipinski definition) is 0. The van der Waals surface area contributed by atoms with Crippen LogP contribution in [-0.4, -0.2) is 12.2 Å². The third-order valence-electron chi connectivity index (χ3n) is 4.18. The van der Waals surface area contributed by atoms with Crippen molar-refractivity contribution in [2.24, 2.45) is 17.3 Å². The number of fused-ring (bicyclic) bond motifs is 1. The molecular formula is C14H26O. The second kappa shape index (κ2) is 4.08. The fraction of sp³-hybridized carbons (Fsp3) is 1.00. The molecule has 0 N–H and O–H groups in total. The Hall–Kier alpha value is -0.0400. The van der Waals surface area contributed by atoms with Crippen molar-refractivity contribution in [1.82, 2.24) is 0 Å². The first kappa shape index (κ1) is 11.4. The van der Waals surface area contributed by atoms with Crippen molar-refractivity contribution in [2.75, 3.05) is 0 Å². The molecule has 1 saturated carbocycles. The number of rotatable bonds is 1. The van der Waals surface area contributed by atoms with Gasteiger partial charge in [-0.05, 0) is 36.5 Å². The predicted molar refractivity (Wildman–Crippen MR) is 63.9 cm³/mol. The zero-order valence-corrected chi connectivity index (χ0v) is 10.8. The largest absolute Gasteiger partial charge is 0.374 e. The lowest BCUT2D eigenvalue weighted by Gasteiger charge is -2.26. The van der Waals surface area contributed by atoms with Crippen LogP contribution in [0.4, 0.5) is 0 Å². The Morgan fingerprint density at radius 3 is 2.40 bits per heavy atom. The van der Waals surface area contributed by atoms with E-state index in [9.17, 15) is 0 Å². The summed E-state index contributed by atoms with van der Waals surface area (Å²) in [6.45, 7) is 9.38. The summed E-state index contributed by atoms with van der Waals surface area (Å²) in [5.74, 6) is 1.65. The predicted octanol–water partition coefficient (Wildman–Crippen LogP) is 4.02. The molecule has 2 fully saturated rings. The van der Waals surface area contributed by atoms with Crippen LogP contribution in [0.3, 0.4) is 0 Å². The summed E-state index contributed by atoms with van der Waals surface area (Å²) in [6, 6.07) is 0. The summed E-state index contributed by atoms with van der Waals surface area (Å²) < 4.78 is 6.25. The van der Waals surface area contributed by atoms with Crippen molar-refractivity contribution in [3.63, 3.8) is 0 Å². The van der Waals surface area contributed by atoms with Gasteiger partial charge in [0, 0.05) is 0 Å². The fourth-order valence-corrected chi connectivity index (χ4v) is 3.36. The van der Waals surface area contributed by atoms with Gasteiger partial charge in [-0.3, -0.25) is 0 Å². The molecule has 1 aliphatic heterocycles. The van der Waals surface area contributed by atoms with Gasteiger partial charge in [0.1, 0.15) is 0 Å². The van der Waals surface area contributed by atoms with Crippen LogP contribution in [0, 0.1) is 17.3 Å². The molecule has 15 heavy (non-hydrogen) atoms. The van der Waals surface area contributed by atoms with Crippen LogP contribution in [0.25, 0.3) is 0 Å². The monoisotopic (exact) mass is 210 g/mol. The van der Waals surface area contributed by atoms with E-state index in [1.807, 2.05) is 0 Å². The Morgan fingerprint density at radius 2 is 1.80 bits per heavy atom. The average molecular weight is 210 g/mol. The van der Waals surface area contributed by atoms with E-state index in [2.05, 4.69) is 27.7 Å². The van der Waals surface area contributed by atoms with Crippen molar-refractivity contribution >= 4 is 0 Å². The summed E-state index contributed by atoms with van der Waals surface area (Å²) in [4.78, 5) is 0. The average Bonchev–Trinajstić information content (AvgIpc) is 2.42. The highest BCUT2D eigenvalue weighted by Crippen LogP contribution is 2.44. The van der Waals surface area contributed by atoms with Crippen molar-refractivity contribution in [3.05, 3.63) is 0 Å². The molecule has 88 valence electrons. The normalized spacial score (nSPS) is 41.6. The Labute approximate surface area is 94.6 Å². The minimum Gasteiger partial charge on any atom is -0.374 e. The van der Waals surface area contributed by atoms with Gasteiger partial charge in [0.25, 0.3) is 0 Å². The van der Waals surface area contributed by atoms with Crippen LogP contribution in [0.5, 0.6) is 0 Å². The topological polar surface area (TPSA) is 9.23 Å². The molecule has 2 rings (SSSR count). The van der Waals surface area contributed by atoms with E-state index in [4.69, 9.17) is 4.74 Å². The summed E-state index contributed by atoms with van der Waals surface area (Å²) in [7, 11) is 0. The molecule has 0 spiro atoms. The first-order valence-corrected chi connectivity index (χ1v) is 6.63. The maximum absolute atomic E-state index is 6.25. The SMILES string of the molecule is CC1C(CC(C)(C)C)OC2CCCCC21. The van der Waals surface area contributed by atoms with Crippen molar-refractivity contribution in [3.8, 4) is 0 Å². The van der Waals surface area contributed by atoms with Crippen LogP contribution in [-0.2, 0) is 4.74 Å². The Morgan fingerprint density at radius 1 is 1.13 bits per heavy atom. The molecule has 0 amide bonds. The van der Waals surface area contributed by atoms with Crippen molar-refractivity contribution in [2.45, 2.75) is 72.0 Å². The summed E-state index contributed by atoms with van der Waals surface area (Å²) >= 11 is 0. The lowest BCUT2D eigenvalue weighted by atomic mass is 9.76. The molecule has 1 aliphatic carbocycles. The fourth-order valence-electron chi connectivity index (χ4n) is 3.36. The van der Waals surface area contributed by atoms with Gasteiger partial charge >= 0.3 is 0 Å². The molecule has 0 aromatic rings. The molecule has 0 radical (unpaired) electrons. The molecule has 0 bridgehead atoms. The third kappa shape index (κ3) is 2.55. The first-order valence-electron chi connectivity index (χ1n) is 6.63. The van der Waals surface area contributed by atoms with Crippen LogP contribution in [0.1, 0.15) is 59.8 Å². The van der Waals surface area contributed by atoms with E-state index < -0.39 is 0 Å². The maximum atomic E-state index is 6.25. The summed E-state index contributed by atoms with van der Waals surface area (Å²) in [6.07, 6.45) is 7.88. The second-order valence-electron chi connectivity index (χ2n) is 6.79. The zero-order valence-electron chi connectivity index (χ0n) is 10.8. The molecule has 1 nitrogen and oxygen atoms in total. The van der Waals surface area contributed by atoms with Gasteiger partial charge in [-0.25, -0.2) is 0 Å². The van der Waals surface area contributed by atoms with Gasteiger partial charge in [-0.15, -0.1) is 0 Å². The van der Waals surface area contributed by atoms with Gasteiger partial charge in [-0.1, -0.05) is 40.5 Å². The number of hydrogen-bond acceptors (Lipinski definition) is 1. The molecule has 4 atom stereocenters. The van der Waals surface area contributed by atoms with Crippen LogP contribution < -0.4 is 0 Å². The first-order chi connectivity index (χ1) is 6.97. The van der Waals surface area contributed by atoms with Gasteiger partial charge in [0.15, 0.2) is 0 Å². The molecule has 0 aromatic carbocycles. The van der Waals surface area contributed by atoms with Gasteiger partial charge in [0.2, 0.25) is 0 Å². The Bertz CT molecular complexity index is 216. The van der Waals surface area contributed by atoms with Crippen LogP contribution >= 0.6 is 0 Å². The smallest absolute Gasteiger partial charge is 0.0613 e.